The van der Waals surface area contributed by atoms with Crippen molar-refractivity contribution < 1.29 is 4.79 Å². The van der Waals surface area contributed by atoms with E-state index in [1.54, 1.807) is 0 Å². The predicted octanol–water partition coefficient (Wildman–Crippen LogP) is 3.95. The molecule has 5 nitrogen and oxygen atoms in total. The molecule has 0 saturated carbocycles. The average Bonchev–Trinajstić information content (AvgIpc) is 2.69. The zero-order valence-corrected chi connectivity index (χ0v) is 18.3. The number of Topliss-reactive ketones (excluding diaryl/α,β-unsaturated/α-hetero) is 1. The monoisotopic (exact) mass is 394 g/mol. The van der Waals surface area contributed by atoms with Crippen LogP contribution in [0.3, 0.4) is 0 Å². The maximum absolute atomic E-state index is 12.6. The molecule has 0 saturated heterocycles. The number of nitrogens with two attached hydrogens (primary N) is 1. The van der Waals surface area contributed by atoms with Gasteiger partial charge in [0, 0.05) is 31.9 Å². The third-order valence-electron chi connectivity index (χ3n) is 5.07. The van der Waals surface area contributed by atoms with E-state index < -0.39 is 0 Å². The lowest BCUT2D eigenvalue weighted by atomic mass is 9.98. The number of hydrogen-bond donors (Lipinski definition) is 3. The van der Waals surface area contributed by atoms with E-state index in [4.69, 9.17) is 5.73 Å². The Morgan fingerprint density at radius 1 is 1.21 bits per heavy atom. The van der Waals surface area contributed by atoms with E-state index in [9.17, 15) is 4.79 Å². The fourth-order valence-corrected chi connectivity index (χ4v) is 3.37. The van der Waals surface area contributed by atoms with Crippen LogP contribution in [-0.2, 0) is 11.2 Å². The van der Waals surface area contributed by atoms with E-state index in [1.807, 2.05) is 33.2 Å². The van der Waals surface area contributed by atoms with Crippen LogP contribution in [0.1, 0.15) is 54.1 Å². The molecule has 156 valence electrons. The van der Waals surface area contributed by atoms with Gasteiger partial charge in [0.25, 0.3) is 0 Å². The molecule has 29 heavy (non-hydrogen) atoms. The molecule has 0 aliphatic heterocycles. The zero-order chi connectivity index (χ0) is 21.4. The second-order valence-electron chi connectivity index (χ2n) is 7.68. The van der Waals surface area contributed by atoms with Crippen molar-refractivity contribution in [1.29, 1.82) is 0 Å². The number of anilines is 1. The number of pyridine rings is 1. The van der Waals surface area contributed by atoms with Crippen LogP contribution >= 0.6 is 0 Å². The first-order chi connectivity index (χ1) is 13.9. The van der Waals surface area contributed by atoms with Crippen molar-refractivity contribution in [3.05, 3.63) is 64.5 Å². The summed E-state index contributed by atoms with van der Waals surface area (Å²) in [6, 6.07) is 10.4. The Labute approximate surface area is 174 Å². The minimum Gasteiger partial charge on any atom is -0.394 e. The number of nitrogens with zero attached hydrogens (tertiary/aromatic N) is 1. The van der Waals surface area contributed by atoms with Crippen molar-refractivity contribution in [2.45, 2.75) is 46.5 Å². The maximum Gasteiger partial charge on any atom is 0.156 e. The summed E-state index contributed by atoms with van der Waals surface area (Å²) in [7, 11) is 1.85. The van der Waals surface area contributed by atoms with Gasteiger partial charge >= 0.3 is 0 Å². The fourth-order valence-electron chi connectivity index (χ4n) is 3.37. The number of aryl methyl sites for hydroxylation is 2. The average molecular weight is 395 g/mol. The number of nitrogens with one attached hydrogen (secondary N) is 2. The number of aromatic nitrogens is 1. The topological polar surface area (TPSA) is 80.0 Å². The minimum absolute atomic E-state index is 0.127. The summed E-state index contributed by atoms with van der Waals surface area (Å²) in [6.07, 6.45) is 3.35. The normalized spacial score (nSPS) is 12.6. The first-order valence-electron chi connectivity index (χ1n) is 10.3. The van der Waals surface area contributed by atoms with Crippen molar-refractivity contribution in [1.82, 2.24) is 10.3 Å². The summed E-state index contributed by atoms with van der Waals surface area (Å²) in [5.41, 5.74) is 12.3. The number of rotatable bonds is 10. The third kappa shape index (κ3) is 6.71. The molecule has 2 aromatic rings. The van der Waals surface area contributed by atoms with E-state index in [0.29, 0.717) is 18.9 Å². The number of carbonyl (C=O) groups excluding carboxylic acids is 1. The van der Waals surface area contributed by atoms with E-state index in [-0.39, 0.29) is 12.3 Å². The van der Waals surface area contributed by atoms with Crippen molar-refractivity contribution in [3.8, 4) is 0 Å². The molecule has 0 radical (unpaired) electrons. The van der Waals surface area contributed by atoms with Crippen LogP contribution in [0, 0.1) is 13.8 Å². The third-order valence-corrected chi connectivity index (χ3v) is 5.07. The van der Waals surface area contributed by atoms with Gasteiger partial charge in [-0.05, 0) is 60.6 Å². The van der Waals surface area contributed by atoms with Gasteiger partial charge < -0.3 is 16.4 Å². The largest absolute Gasteiger partial charge is 0.394 e. The van der Waals surface area contributed by atoms with Gasteiger partial charge in [0.2, 0.25) is 0 Å². The van der Waals surface area contributed by atoms with Crippen LogP contribution < -0.4 is 16.4 Å². The van der Waals surface area contributed by atoms with Crippen LogP contribution in [0.15, 0.2) is 36.5 Å². The van der Waals surface area contributed by atoms with Crippen LogP contribution in [0.5, 0.6) is 0 Å². The molecule has 4 N–H and O–H groups in total. The number of benzene rings is 1. The Morgan fingerprint density at radius 3 is 2.62 bits per heavy atom. The molecular weight excluding hydrogens is 360 g/mol. The summed E-state index contributed by atoms with van der Waals surface area (Å²) in [5.74, 6) is 1.36. The Hall–Kier alpha value is -2.66. The summed E-state index contributed by atoms with van der Waals surface area (Å²) in [6.45, 7) is 9.11. The second-order valence-corrected chi connectivity index (χ2v) is 7.68. The molecule has 1 aromatic heterocycles. The smallest absolute Gasteiger partial charge is 0.156 e. The summed E-state index contributed by atoms with van der Waals surface area (Å²) >= 11 is 0. The molecule has 0 aliphatic carbocycles. The zero-order valence-electron chi connectivity index (χ0n) is 18.3. The molecule has 1 heterocycles. The van der Waals surface area contributed by atoms with Crippen molar-refractivity contribution in [2.24, 2.45) is 5.73 Å². The summed E-state index contributed by atoms with van der Waals surface area (Å²) < 4.78 is 0. The SMILES string of the molecule is CCC(C)c1cc(C)nc(NCC(=O)Cc2cc(C)cc(/C(=C/NC)CN)c2)c1. The van der Waals surface area contributed by atoms with Crippen molar-refractivity contribution in [2.75, 3.05) is 25.5 Å². The minimum atomic E-state index is 0.127. The van der Waals surface area contributed by atoms with Crippen LogP contribution in [0.2, 0.25) is 0 Å². The highest BCUT2D eigenvalue weighted by atomic mass is 16.1. The van der Waals surface area contributed by atoms with Gasteiger partial charge in [0.1, 0.15) is 5.82 Å². The van der Waals surface area contributed by atoms with Gasteiger partial charge in [0.15, 0.2) is 5.78 Å². The Kier molecular flexibility index (Phi) is 8.40. The lowest BCUT2D eigenvalue weighted by Crippen LogP contribution is -2.17. The van der Waals surface area contributed by atoms with Gasteiger partial charge in [-0.2, -0.15) is 0 Å². The lowest BCUT2D eigenvalue weighted by molar-refractivity contribution is -0.116. The summed E-state index contributed by atoms with van der Waals surface area (Å²) in [4.78, 5) is 17.1. The Morgan fingerprint density at radius 2 is 1.97 bits per heavy atom. The summed E-state index contributed by atoms with van der Waals surface area (Å²) in [5, 5.41) is 6.24. The quantitative estimate of drug-likeness (QED) is 0.568. The molecule has 0 aliphatic rings. The van der Waals surface area contributed by atoms with E-state index >= 15 is 0 Å². The number of hydrogen-bond acceptors (Lipinski definition) is 5. The van der Waals surface area contributed by atoms with Crippen LogP contribution in [-0.4, -0.2) is 30.9 Å². The lowest BCUT2D eigenvalue weighted by Gasteiger charge is -2.13. The molecule has 0 bridgehead atoms. The molecule has 2 rings (SSSR count). The van der Waals surface area contributed by atoms with Gasteiger partial charge in [-0.1, -0.05) is 37.6 Å². The molecule has 0 spiro atoms. The van der Waals surface area contributed by atoms with Gasteiger partial charge in [-0.3, -0.25) is 4.79 Å². The molecular formula is C24H34N4O. The maximum atomic E-state index is 12.6. The standard InChI is InChI=1S/C24H34N4O/c1-6-17(3)20-9-18(4)28-24(12-20)27-15-23(29)11-19-7-16(2)8-21(10-19)22(13-25)14-26-5/h7-10,12,14,17,26H,6,11,13,15,25H2,1-5H3,(H,27,28)/b22-14+. The number of ketones is 1. The van der Waals surface area contributed by atoms with Crippen LogP contribution in [0.25, 0.3) is 5.57 Å². The van der Waals surface area contributed by atoms with Gasteiger partial charge in [-0.15, -0.1) is 0 Å². The van der Waals surface area contributed by atoms with Crippen LogP contribution in [0.4, 0.5) is 5.82 Å². The second kappa shape index (κ2) is 10.8. The highest BCUT2D eigenvalue weighted by molar-refractivity contribution is 5.85. The molecule has 1 atom stereocenters. The van der Waals surface area contributed by atoms with E-state index in [0.717, 1.165) is 40.2 Å². The highest BCUT2D eigenvalue weighted by Gasteiger charge is 2.10. The molecule has 1 aromatic carbocycles. The Balaban J connectivity index is 2.07. The molecule has 1 unspecified atom stereocenters. The molecule has 5 heteroatoms. The van der Waals surface area contributed by atoms with Crippen molar-refractivity contribution in [3.63, 3.8) is 0 Å². The van der Waals surface area contributed by atoms with E-state index in [2.05, 4.69) is 53.7 Å². The molecule has 0 fully saturated rings. The van der Waals surface area contributed by atoms with Gasteiger partial charge in [-0.25, -0.2) is 4.98 Å². The molecule has 0 amide bonds. The van der Waals surface area contributed by atoms with Gasteiger partial charge in [0.05, 0.1) is 6.54 Å². The predicted molar refractivity (Wildman–Crippen MR) is 122 cm³/mol. The number of carbonyl (C=O) groups is 1. The highest BCUT2D eigenvalue weighted by Crippen LogP contribution is 2.22. The first-order valence-corrected chi connectivity index (χ1v) is 10.3. The fraction of sp³-hybridized carbons (Fsp3) is 0.417. The Bertz CT molecular complexity index is 873. The first kappa shape index (κ1) is 22.6. The van der Waals surface area contributed by atoms with Crippen molar-refractivity contribution >= 4 is 17.2 Å². The van der Waals surface area contributed by atoms with E-state index in [1.165, 1.54) is 5.56 Å².